The average Bonchev–Trinajstić information content (AvgIpc) is 2.22. The van der Waals surface area contributed by atoms with Crippen molar-refractivity contribution in [2.75, 3.05) is 19.3 Å². The van der Waals surface area contributed by atoms with E-state index in [0.29, 0.717) is 0 Å². The van der Waals surface area contributed by atoms with Gasteiger partial charge in [-0.2, -0.15) is 13.2 Å². The molecule has 0 fully saturated rings. The van der Waals surface area contributed by atoms with Crippen molar-refractivity contribution < 1.29 is 31.8 Å². The van der Waals surface area contributed by atoms with Crippen LogP contribution in [-0.2, 0) is 18.6 Å². The fourth-order valence-corrected chi connectivity index (χ4v) is 2.14. The standard InChI is InChI=1S/C9H17F3NO4P/c1-4-18(15,16-6-9(10,11)12)13-5-8(14)17-7(2)3/h7H,4-6H2,1-3H3,(H,13,15). The van der Waals surface area contributed by atoms with Gasteiger partial charge in [0, 0.05) is 6.16 Å². The van der Waals surface area contributed by atoms with Crippen molar-refractivity contribution in [2.24, 2.45) is 0 Å². The van der Waals surface area contributed by atoms with Crippen LogP contribution in [0, 0.1) is 0 Å². The van der Waals surface area contributed by atoms with Gasteiger partial charge in [-0.05, 0) is 13.8 Å². The number of rotatable bonds is 7. The topological polar surface area (TPSA) is 64.6 Å². The molecule has 0 aliphatic rings. The van der Waals surface area contributed by atoms with E-state index in [2.05, 4.69) is 9.61 Å². The molecule has 5 nitrogen and oxygen atoms in total. The lowest BCUT2D eigenvalue weighted by atomic mass is 10.5. The number of hydrogen-bond donors (Lipinski definition) is 1. The molecule has 1 N–H and O–H groups in total. The third-order valence-corrected chi connectivity index (χ3v) is 3.70. The molecule has 0 heterocycles. The van der Waals surface area contributed by atoms with Crippen LogP contribution in [0.15, 0.2) is 0 Å². The maximum absolute atomic E-state index is 11.9. The van der Waals surface area contributed by atoms with Gasteiger partial charge in [0.1, 0.15) is 6.54 Å². The van der Waals surface area contributed by atoms with Gasteiger partial charge < -0.3 is 9.26 Å². The number of alkyl halides is 3. The summed E-state index contributed by atoms with van der Waals surface area (Å²) in [5.41, 5.74) is 0. The largest absolute Gasteiger partial charge is 0.462 e. The Bertz CT molecular complexity index is 319. The SMILES string of the molecule is CCP(=O)(NCC(=O)OC(C)C)OCC(F)(F)F. The fraction of sp³-hybridized carbons (Fsp3) is 0.889. The predicted molar refractivity (Wildman–Crippen MR) is 59.4 cm³/mol. The second-order valence-electron chi connectivity index (χ2n) is 3.75. The minimum atomic E-state index is -4.56. The molecule has 0 amide bonds. The van der Waals surface area contributed by atoms with Gasteiger partial charge in [0.2, 0.25) is 0 Å². The normalized spacial score (nSPS) is 15.5. The zero-order chi connectivity index (χ0) is 14.4. The smallest absolute Gasteiger partial charge is 0.412 e. The van der Waals surface area contributed by atoms with Crippen molar-refractivity contribution in [3.8, 4) is 0 Å². The molecule has 0 aliphatic carbocycles. The molecule has 1 unspecified atom stereocenters. The summed E-state index contributed by atoms with van der Waals surface area (Å²) in [5.74, 6) is -0.700. The maximum atomic E-state index is 11.9. The summed E-state index contributed by atoms with van der Waals surface area (Å²) in [6.07, 6.45) is -5.07. The van der Waals surface area contributed by atoms with E-state index < -0.39 is 32.8 Å². The lowest BCUT2D eigenvalue weighted by Crippen LogP contribution is -2.27. The third kappa shape index (κ3) is 8.49. The lowest BCUT2D eigenvalue weighted by Gasteiger charge is -2.19. The van der Waals surface area contributed by atoms with E-state index in [-0.39, 0.29) is 12.3 Å². The monoisotopic (exact) mass is 291 g/mol. The van der Waals surface area contributed by atoms with E-state index >= 15 is 0 Å². The van der Waals surface area contributed by atoms with Gasteiger partial charge in [-0.15, -0.1) is 0 Å². The highest BCUT2D eigenvalue weighted by Gasteiger charge is 2.33. The molecule has 0 saturated heterocycles. The molecule has 1 atom stereocenters. The highest BCUT2D eigenvalue weighted by Crippen LogP contribution is 2.42. The molecule has 18 heavy (non-hydrogen) atoms. The first kappa shape index (κ1) is 17.4. The summed E-state index contributed by atoms with van der Waals surface area (Å²) >= 11 is 0. The van der Waals surface area contributed by atoms with Crippen LogP contribution in [0.3, 0.4) is 0 Å². The molecule has 0 spiro atoms. The maximum Gasteiger partial charge on any atom is 0.412 e. The molecule has 0 aromatic rings. The second-order valence-corrected chi connectivity index (χ2v) is 6.31. The number of hydrogen-bond acceptors (Lipinski definition) is 4. The first-order valence-corrected chi connectivity index (χ1v) is 7.14. The zero-order valence-corrected chi connectivity index (χ0v) is 11.3. The van der Waals surface area contributed by atoms with Crippen molar-refractivity contribution in [1.82, 2.24) is 5.09 Å². The van der Waals surface area contributed by atoms with Crippen LogP contribution in [0.4, 0.5) is 13.2 Å². The minimum absolute atomic E-state index is 0.155. The summed E-state index contributed by atoms with van der Waals surface area (Å²) in [6, 6.07) is 0. The first-order valence-electron chi connectivity index (χ1n) is 5.33. The number of halogens is 3. The van der Waals surface area contributed by atoms with Crippen molar-refractivity contribution in [2.45, 2.75) is 33.1 Å². The summed E-state index contributed by atoms with van der Waals surface area (Å²) < 4.78 is 56.6. The molecule has 0 bridgehead atoms. The third-order valence-electron chi connectivity index (χ3n) is 1.68. The fourth-order valence-electron chi connectivity index (χ4n) is 0.916. The van der Waals surface area contributed by atoms with E-state index in [1.807, 2.05) is 0 Å². The predicted octanol–water partition coefficient (Wildman–Crippen LogP) is 2.32. The molecule has 9 heteroatoms. The quantitative estimate of drug-likeness (QED) is 0.576. The van der Waals surface area contributed by atoms with Gasteiger partial charge in [-0.25, -0.2) is 5.09 Å². The zero-order valence-electron chi connectivity index (χ0n) is 10.4. The Morgan fingerprint density at radius 3 is 2.33 bits per heavy atom. The summed E-state index contributed by atoms with van der Waals surface area (Å²) in [6.45, 7) is 2.57. The molecule has 0 rings (SSSR count). The van der Waals surface area contributed by atoms with Crippen LogP contribution >= 0.6 is 7.52 Å². The number of esters is 1. The van der Waals surface area contributed by atoms with E-state index in [0.717, 1.165) is 0 Å². The Balaban J connectivity index is 4.24. The molecule has 0 aliphatic heterocycles. The number of nitrogens with one attached hydrogen (secondary N) is 1. The molecule has 0 saturated carbocycles. The van der Waals surface area contributed by atoms with Crippen molar-refractivity contribution >= 4 is 13.5 Å². The van der Waals surface area contributed by atoms with E-state index in [1.54, 1.807) is 13.8 Å². The van der Waals surface area contributed by atoms with Crippen molar-refractivity contribution in [3.05, 3.63) is 0 Å². The second kappa shape index (κ2) is 7.11. The summed E-state index contributed by atoms with van der Waals surface area (Å²) in [5, 5.41) is 2.18. The van der Waals surface area contributed by atoms with Gasteiger partial charge in [0.25, 0.3) is 7.52 Å². The Morgan fingerprint density at radius 1 is 1.39 bits per heavy atom. The van der Waals surface area contributed by atoms with E-state index in [4.69, 9.17) is 4.74 Å². The first-order chi connectivity index (χ1) is 8.08. The summed E-state index contributed by atoms with van der Waals surface area (Å²) in [7, 11) is -3.66. The average molecular weight is 291 g/mol. The van der Waals surface area contributed by atoms with Crippen LogP contribution in [0.2, 0.25) is 0 Å². The van der Waals surface area contributed by atoms with Crippen LogP contribution < -0.4 is 5.09 Å². The molecule has 0 radical (unpaired) electrons. The number of carbonyl (C=O) groups is 1. The van der Waals surface area contributed by atoms with E-state index in [1.165, 1.54) is 6.92 Å². The Hall–Kier alpha value is -0.590. The highest BCUT2D eigenvalue weighted by atomic mass is 31.2. The molecule has 0 aromatic carbocycles. The minimum Gasteiger partial charge on any atom is -0.462 e. The van der Waals surface area contributed by atoms with E-state index in [9.17, 15) is 22.5 Å². The lowest BCUT2D eigenvalue weighted by molar-refractivity contribution is -0.153. The van der Waals surface area contributed by atoms with Gasteiger partial charge in [-0.3, -0.25) is 9.36 Å². The van der Waals surface area contributed by atoms with Gasteiger partial charge in [-0.1, -0.05) is 6.92 Å². The van der Waals surface area contributed by atoms with Crippen LogP contribution in [-0.4, -0.2) is 37.6 Å². The van der Waals surface area contributed by atoms with Crippen LogP contribution in [0.5, 0.6) is 0 Å². The Kier molecular flexibility index (Phi) is 6.88. The molecular weight excluding hydrogens is 274 g/mol. The number of ether oxygens (including phenoxy) is 1. The molecule has 108 valence electrons. The molecular formula is C9H17F3NO4P. The number of carbonyl (C=O) groups excluding carboxylic acids is 1. The highest BCUT2D eigenvalue weighted by molar-refractivity contribution is 7.56. The van der Waals surface area contributed by atoms with Gasteiger partial charge in [0.15, 0.2) is 6.61 Å². The Labute approximate surface area is 104 Å². The molecule has 0 aromatic heterocycles. The van der Waals surface area contributed by atoms with Crippen LogP contribution in [0.1, 0.15) is 20.8 Å². The Morgan fingerprint density at radius 2 is 1.94 bits per heavy atom. The van der Waals surface area contributed by atoms with Crippen LogP contribution in [0.25, 0.3) is 0 Å². The van der Waals surface area contributed by atoms with Gasteiger partial charge in [0.05, 0.1) is 6.10 Å². The van der Waals surface area contributed by atoms with Crippen molar-refractivity contribution in [3.63, 3.8) is 0 Å². The summed E-state index contributed by atoms with van der Waals surface area (Å²) in [4.78, 5) is 11.1. The van der Waals surface area contributed by atoms with Crippen molar-refractivity contribution in [1.29, 1.82) is 0 Å². The van der Waals surface area contributed by atoms with Gasteiger partial charge >= 0.3 is 12.1 Å².